The summed E-state index contributed by atoms with van der Waals surface area (Å²) in [6.45, 7) is 2.60. The Hall–Kier alpha value is -3.27. The number of nitrogens with one attached hydrogen (secondary N) is 2. The highest BCUT2D eigenvalue weighted by molar-refractivity contribution is 7.92. The van der Waals surface area contributed by atoms with E-state index in [1.54, 1.807) is 31.2 Å². The molecule has 10 heteroatoms. The number of nitrogens with zero attached hydrogens (tertiary/aromatic N) is 2. The molecule has 0 aliphatic carbocycles. The smallest absolute Gasteiger partial charge is 0.262 e. The summed E-state index contributed by atoms with van der Waals surface area (Å²) in [6, 6.07) is 9.43. The van der Waals surface area contributed by atoms with Gasteiger partial charge in [0.1, 0.15) is 24.8 Å². The average Bonchev–Trinajstić information content (AvgIpc) is 3.07. The van der Waals surface area contributed by atoms with Crippen molar-refractivity contribution < 1.29 is 22.4 Å². The van der Waals surface area contributed by atoms with Crippen molar-refractivity contribution in [3.05, 3.63) is 48.4 Å². The molecule has 0 bridgehead atoms. The molecule has 1 aromatic carbocycles. The Morgan fingerprint density at radius 3 is 2.52 bits per heavy atom. The van der Waals surface area contributed by atoms with Crippen LogP contribution in [0.15, 0.2) is 52.0 Å². The zero-order chi connectivity index (χ0) is 18.9. The minimum absolute atomic E-state index is 0.0759. The number of hydrogen-bond donors (Lipinski definition) is 2. The van der Waals surface area contributed by atoms with E-state index in [2.05, 4.69) is 20.2 Å². The van der Waals surface area contributed by atoms with Crippen LogP contribution in [-0.2, 0) is 10.0 Å². The number of hydrogen-bond acceptors (Lipinski definition) is 8. The fourth-order valence-electron chi connectivity index (χ4n) is 2.49. The monoisotopic (exact) mass is 388 g/mol. The second-order valence-corrected chi connectivity index (χ2v) is 7.47. The Kier molecular flexibility index (Phi) is 4.32. The van der Waals surface area contributed by atoms with E-state index < -0.39 is 10.0 Å². The van der Waals surface area contributed by atoms with Crippen LogP contribution in [0.2, 0.25) is 0 Å². The van der Waals surface area contributed by atoms with Crippen LogP contribution in [0.3, 0.4) is 0 Å². The lowest BCUT2D eigenvalue weighted by Gasteiger charge is -2.19. The molecule has 1 aliphatic heterocycles. The van der Waals surface area contributed by atoms with Gasteiger partial charge < -0.3 is 19.3 Å². The van der Waals surface area contributed by atoms with Crippen molar-refractivity contribution in [2.24, 2.45) is 0 Å². The lowest BCUT2D eigenvalue weighted by molar-refractivity contribution is 0.171. The van der Waals surface area contributed by atoms with Gasteiger partial charge in [0, 0.05) is 12.1 Å². The van der Waals surface area contributed by atoms with Crippen molar-refractivity contribution >= 4 is 27.3 Å². The minimum Gasteiger partial charge on any atom is -0.486 e. The van der Waals surface area contributed by atoms with E-state index in [-0.39, 0.29) is 4.90 Å². The SMILES string of the molecule is Cc1cc(Nc2ccc(NS(=O)(=O)c3ccc4c(c3)OCCO4)cn2)no1. The average molecular weight is 388 g/mol. The lowest BCUT2D eigenvalue weighted by atomic mass is 10.3. The van der Waals surface area contributed by atoms with Crippen LogP contribution in [0, 0.1) is 6.92 Å². The number of anilines is 3. The van der Waals surface area contributed by atoms with Gasteiger partial charge in [0.05, 0.1) is 16.8 Å². The third kappa shape index (κ3) is 3.80. The first-order chi connectivity index (χ1) is 13.0. The predicted molar refractivity (Wildman–Crippen MR) is 97.0 cm³/mol. The number of pyridine rings is 1. The van der Waals surface area contributed by atoms with Gasteiger partial charge in [0.25, 0.3) is 10.0 Å². The topological polar surface area (TPSA) is 116 Å². The summed E-state index contributed by atoms with van der Waals surface area (Å²) < 4.78 is 43.5. The molecular weight excluding hydrogens is 372 g/mol. The van der Waals surface area contributed by atoms with Crippen molar-refractivity contribution in [2.75, 3.05) is 23.3 Å². The molecule has 3 aromatic rings. The number of aromatic nitrogens is 2. The second-order valence-electron chi connectivity index (χ2n) is 5.79. The molecule has 27 heavy (non-hydrogen) atoms. The fraction of sp³-hybridized carbons (Fsp3) is 0.176. The van der Waals surface area contributed by atoms with Gasteiger partial charge in [-0.3, -0.25) is 4.72 Å². The Morgan fingerprint density at radius 1 is 1.00 bits per heavy atom. The molecule has 2 N–H and O–H groups in total. The van der Waals surface area contributed by atoms with E-state index in [1.165, 1.54) is 18.3 Å². The van der Waals surface area contributed by atoms with Gasteiger partial charge in [-0.25, -0.2) is 13.4 Å². The zero-order valence-electron chi connectivity index (χ0n) is 14.3. The van der Waals surface area contributed by atoms with Crippen molar-refractivity contribution in [1.82, 2.24) is 10.1 Å². The molecular formula is C17H16N4O5S. The van der Waals surface area contributed by atoms with E-state index in [0.717, 1.165) is 0 Å². The maximum Gasteiger partial charge on any atom is 0.262 e. The van der Waals surface area contributed by atoms with Crippen LogP contribution >= 0.6 is 0 Å². The summed E-state index contributed by atoms with van der Waals surface area (Å²) in [6.07, 6.45) is 1.41. The van der Waals surface area contributed by atoms with E-state index in [1.807, 2.05) is 0 Å². The van der Waals surface area contributed by atoms with Gasteiger partial charge in [-0.05, 0) is 31.2 Å². The van der Waals surface area contributed by atoms with Gasteiger partial charge >= 0.3 is 0 Å². The number of aryl methyl sites for hydroxylation is 1. The molecule has 0 saturated heterocycles. The molecule has 0 spiro atoms. The summed E-state index contributed by atoms with van der Waals surface area (Å²) in [4.78, 5) is 4.24. The van der Waals surface area contributed by atoms with Crippen LogP contribution in [0.25, 0.3) is 0 Å². The number of sulfonamides is 1. The largest absolute Gasteiger partial charge is 0.486 e. The van der Waals surface area contributed by atoms with Crippen LogP contribution in [0.5, 0.6) is 11.5 Å². The highest BCUT2D eigenvalue weighted by Crippen LogP contribution is 2.32. The molecule has 4 rings (SSSR count). The Morgan fingerprint density at radius 2 is 1.81 bits per heavy atom. The maximum atomic E-state index is 12.6. The predicted octanol–water partition coefficient (Wildman–Crippen LogP) is 2.69. The highest BCUT2D eigenvalue weighted by Gasteiger charge is 2.19. The van der Waals surface area contributed by atoms with Crippen molar-refractivity contribution in [3.63, 3.8) is 0 Å². The third-order valence-corrected chi connectivity index (χ3v) is 5.10. The van der Waals surface area contributed by atoms with Gasteiger partial charge in [-0.15, -0.1) is 0 Å². The van der Waals surface area contributed by atoms with Crippen molar-refractivity contribution in [3.8, 4) is 11.5 Å². The normalized spacial score (nSPS) is 13.2. The van der Waals surface area contributed by atoms with Crippen LogP contribution < -0.4 is 19.5 Å². The maximum absolute atomic E-state index is 12.6. The molecule has 9 nitrogen and oxygen atoms in total. The van der Waals surface area contributed by atoms with Crippen LogP contribution in [0.1, 0.15) is 5.76 Å². The molecule has 0 fully saturated rings. The molecule has 1 aliphatic rings. The van der Waals surface area contributed by atoms with Crippen molar-refractivity contribution in [2.45, 2.75) is 11.8 Å². The van der Waals surface area contributed by atoms with Gasteiger partial charge in [0.2, 0.25) is 0 Å². The first kappa shape index (κ1) is 17.2. The molecule has 0 saturated carbocycles. The lowest BCUT2D eigenvalue weighted by Crippen LogP contribution is -2.17. The van der Waals surface area contributed by atoms with Crippen molar-refractivity contribution in [1.29, 1.82) is 0 Å². The highest BCUT2D eigenvalue weighted by atomic mass is 32.2. The number of benzene rings is 1. The van der Waals surface area contributed by atoms with E-state index in [9.17, 15) is 8.42 Å². The second kappa shape index (κ2) is 6.80. The minimum atomic E-state index is -3.79. The standard InChI is InChI=1S/C17H16N4O5S/c1-11-8-17(20-26-11)19-16-5-2-12(10-18-16)21-27(22,23)13-3-4-14-15(9-13)25-7-6-24-14/h2-5,8-10,21H,6-7H2,1H3,(H,18,19,20). The molecule has 3 heterocycles. The summed E-state index contributed by atoms with van der Waals surface area (Å²) in [5, 5.41) is 6.77. The Bertz CT molecular complexity index is 1060. The quantitative estimate of drug-likeness (QED) is 0.685. The van der Waals surface area contributed by atoms with E-state index >= 15 is 0 Å². The molecule has 0 amide bonds. The molecule has 0 atom stereocenters. The Balaban J connectivity index is 1.49. The molecule has 0 radical (unpaired) electrons. The summed E-state index contributed by atoms with van der Waals surface area (Å²) in [5.41, 5.74) is 0.326. The summed E-state index contributed by atoms with van der Waals surface area (Å²) in [5.74, 6) is 2.63. The van der Waals surface area contributed by atoms with E-state index in [4.69, 9.17) is 14.0 Å². The summed E-state index contributed by atoms with van der Waals surface area (Å²) in [7, 11) is -3.79. The van der Waals surface area contributed by atoms with Gasteiger partial charge in [-0.1, -0.05) is 5.16 Å². The fourth-order valence-corrected chi connectivity index (χ4v) is 3.55. The Labute approximate surface area is 155 Å². The first-order valence-corrected chi connectivity index (χ1v) is 9.57. The zero-order valence-corrected chi connectivity index (χ0v) is 15.1. The van der Waals surface area contributed by atoms with Crippen LogP contribution in [0.4, 0.5) is 17.3 Å². The third-order valence-electron chi connectivity index (χ3n) is 3.72. The number of ether oxygens (including phenoxy) is 2. The molecule has 140 valence electrons. The van der Waals surface area contributed by atoms with Crippen LogP contribution in [-0.4, -0.2) is 31.8 Å². The number of rotatable bonds is 5. The first-order valence-electron chi connectivity index (χ1n) is 8.08. The van der Waals surface area contributed by atoms with Gasteiger partial charge in [0.15, 0.2) is 17.3 Å². The molecule has 2 aromatic heterocycles. The molecule has 0 unspecified atom stereocenters. The van der Waals surface area contributed by atoms with Gasteiger partial charge in [-0.2, -0.15) is 0 Å². The summed E-state index contributed by atoms with van der Waals surface area (Å²) >= 11 is 0. The number of fused-ring (bicyclic) bond motifs is 1. The van der Waals surface area contributed by atoms with E-state index in [0.29, 0.717) is 47.8 Å².